The Morgan fingerprint density at radius 1 is 1.04 bits per heavy atom. The van der Waals surface area contributed by atoms with Crippen molar-refractivity contribution in [2.45, 2.75) is 54.4 Å². The summed E-state index contributed by atoms with van der Waals surface area (Å²) < 4.78 is 5.02. The predicted molar refractivity (Wildman–Crippen MR) is 69.9 cm³/mol. The Hall–Kier alpha value is -0.730. The fourth-order valence-corrected chi connectivity index (χ4v) is 2.53. The smallest absolute Gasteiger partial charge is 0.151 e. The minimum absolute atomic E-state index is 0.163. The van der Waals surface area contributed by atoms with Gasteiger partial charge in [0.15, 0.2) is 6.29 Å². The van der Waals surface area contributed by atoms with Crippen molar-refractivity contribution in [3.8, 4) is 0 Å². The molecular weight excluding hydrogens is 320 g/mol. The van der Waals surface area contributed by atoms with Gasteiger partial charge in [-0.15, -0.1) is 0 Å². The summed E-state index contributed by atoms with van der Waals surface area (Å²) in [4.78, 5) is 10.6. The second-order valence-electron chi connectivity index (χ2n) is 5.41. The lowest BCUT2D eigenvalue weighted by Crippen LogP contribution is -2.73. The molecule has 0 spiro atoms. The molecule has 0 radical (unpaired) electrons. The molecule has 1 saturated heterocycles. The molecule has 0 aromatic carbocycles. The topological polar surface area (TPSA) is 208 Å². The number of aliphatic hydroxyl groups is 9. The van der Waals surface area contributed by atoms with E-state index in [2.05, 4.69) is 0 Å². The predicted octanol–water partition coefficient (Wildman–Crippen LogP) is -6.17. The summed E-state index contributed by atoms with van der Waals surface area (Å²) >= 11 is 0. The number of rotatable bonds is 7. The van der Waals surface area contributed by atoms with Gasteiger partial charge >= 0.3 is 0 Å². The summed E-state index contributed by atoms with van der Waals surface area (Å²) in [6, 6.07) is 0. The van der Waals surface area contributed by atoms with Crippen molar-refractivity contribution in [1.29, 1.82) is 0 Å². The van der Waals surface area contributed by atoms with E-state index in [0.29, 0.717) is 0 Å². The van der Waals surface area contributed by atoms with Gasteiger partial charge in [-0.25, -0.2) is 0 Å². The maximum atomic E-state index is 10.6. The van der Waals surface area contributed by atoms with Crippen LogP contribution in [-0.4, -0.2) is 120 Å². The minimum atomic E-state index is -3.00. The molecule has 1 unspecified atom stereocenters. The summed E-state index contributed by atoms with van der Waals surface area (Å²) in [5.41, 5.74) is -3.00. The van der Waals surface area contributed by atoms with Crippen LogP contribution in [-0.2, 0) is 9.53 Å². The van der Waals surface area contributed by atoms with Crippen LogP contribution in [0.1, 0.15) is 0 Å². The van der Waals surface area contributed by atoms with Gasteiger partial charge in [-0.2, -0.15) is 0 Å². The number of carbonyl (C=O) groups excluding carboxylic acids is 1. The average molecular weight is 342 g/mol. The Kier molecular flexibility index (Phi) is 6.97. The lowest BCUT2D eigenvalue weighted by atomic mass is 9.76. The highest BCUT2D eigenvalue weighted by Gasteiger charge is 2.59. The van der Waals surface area contributed by atoms with Crippen molar-refractivity contribution >= 4 is 6.29 Å². The Morgan fingerprint density at radius 3 is 2.04 bits per heavy atom. The number of aldehydes is 1. The van der Waals surface area contributed by atoms with E-state index in [1.165, 1.54) is 0 Å². The van der Waals surface area contributed by atoms with Crippen molar-refractivity contribution in [3.05, 3.63) is 0 Å². The summed E-state index contributed by atoms with van der Waals surface area (Å²) in [5, 5.41) is 87.1. The van der Waals surface area contributed by atoms with Gasteiger partial charge < -0.3 is 55.5 Å². The molecule has 136 valence electrons. The zero-order valence-electron chi connectivity index (χ0n) is 12.0. The molecule has 0 saturated carbocycles. The van der Waals surface area contributed by atoms with E-state index in [1.807, 2.05) is 0 Å². The lowest BCUT2D eigenvalue weighted by molar-refractivity contribution is -0.309. The summed E-state index contributed by atoms with van der Waals surface area (Å²) in [7, 11) is 0. The van der Waals surface area contributed by atoms with Gasteiger partial charge in [-0.1, -0.05) is 0 Å². The van der Waals surface area contributed by atoms with Crippen molar-refractivity contribution in [3.63, 3.8) is 0 Å². The van der Waals surface area contributed by atoms with Crippen molar-refractivity contribution in [1.82, 2.24) is 0 Å². The zero-order chi connectivity index (χ0) is 17.9. The average Bonchev–Trinajstić information content (AvgIpc) is 2.56. The molecule has 9 atom stereocenters. The maximum Gasteiger partial charge on any atom is 0.151 e. The molecule has 0 amide bonds. The van der Waals surface area contributed by atoms with Gasteiger partial charge in [0.1, 0.15) is 54.4 Å². The fraction of sp³-hybridized carbons (Fsp3) is 0.917. The van der Waals surface area contributed by atoms with Crippen LogP contribution in [0.25, 0.3) is 0 Å². The molecule has 11 heteroatoms. The highest BCUT2D eigenvalue weighted by molar-refractivity contribution is 5.57. The van der Waals surface area contributed by atoms with Gasteiger partial charge in [-0.3, -0.25) is 0 Å². The molecule has 0 aromatic heterocycles. The highest BCUT2D eigenvalue weighted by atomic mass is 16.6. The monoisotopic (exact) mass is 342 g/mol. The van der Waals surface area contributed by atoms with Crippen molar-refractivity contribution in [2.75, 3.05) is 13.2 Å². The van der Waals surface area contributed by atoms with Crippen LogP contribution in [0.15, 0.2) is 0 Å². The number of hydrogen-bond donors (Lipinski definition) is 9. The van der Waals surface area contributed by atoms with Crippen molar-refractivity contribution in [2.24, 2.45) is 0 Å². The molecule has 11 nitrogen and oxygen atoms in total. The molecule has 0 aromatic rings. The Labute approximate surface area is 130 Å². The Bertz CT molecular complexity index is 391. The number of ether oxygens (including phenoxy) is 1. The largest absolute Gasteiger partial charge is 0.394 e. The first-order valence-corrected chi connectivity index (χ1v) is 6.79. The minimum Gasteiger partial charge on any atom is -0.394 e. The first-order chi connectivity index (χ1) is 10.7. The van der Waals surface area contributed by atoms with E-state index in [4.69, 9.17) is 14.9 Å². The van der Waals surface area contributed by atoms with Gasteiger partial charge in [0.2, 0.25) is 0 Å². The van der Waals surface area contributed by atoms with E-state index in [0.717, 1.165) is 0 Å². The van der Waals surface area contributed by atoms with Crippen LogP contribution in [0.4, 0.5) is 0 Å². The van der Waals surface area contributed by atoms with Gasteiger partial charge in [0, 0.05) is 0 Å². The molecule has 1 fully saturated rings. The first-order valence-electron chi connectivity index (χ1n) is 6.79. The molecular formula is C12H22O11. The summed E-state index contributed by atoms with van der Waals surface area (Å²) in [6.07, 6.45) is -16.3. The summed E-state index contributed by atoms with van der Waals surface area (Å²) in [6.45, 7) is -2.01. The Balaban J connectivity index is 3.27. The van der Waals surface area contributed by atoms with Crippen LogP contribution < -0.4 is 0 Å². The number of aliphatic hydroxyl groups excluding tert-OH is 8. The molecule has 1 heterocycles. The van der Waals surface area contributed by atoms with Crippen LogP contribution in [0.5, 0.6) is 0 Å². The number of hydrogen-bond acceptors (Lipinski definition) is 11. The van der Waals surface area contributed by atoms with E-state index in [-0.39, 0.29) is 6.29 Å². The molecule has 1 aliphatic rings. The summed E-state index contributed by atoms with van der Waals surface area (Å²) in [5.74, 6) is 0. The Morgan fingerprint density at radius 2 is 1.61 bits per heavy atom. The normalized spacial score (nSPS) is 38.4. The van der Waals surface area contributed by atoms with Gasteiger partial charge in [0.25, 0.3) is 0 Å². The van der Waals surface area contributed by atoms with Gasteiger partial charge in [-0.05, 0) is 0 Å². The molecule has 1 aliphatic heterocycles. The second kappa shape index (κ2) is 7.90. The maximum absolute atomic E-state index is 10.6. The highest BCUT2D eigenvalue weighted by Crippen LogP contribution is 2.33. The molecule has 0 bridgehead atoms. The van der Waals surface area contributed by atoms with E-state index >= 15 is 0 Å². The van der Waals surface area contributed by atoms with Crippen LogP contribution in [0.2, 0.25) is 0 Å². The van der Waals surface area contributed by atoms with Crippen LogP contribution in [0.3, 0.4) is 0 Å². The molecule has 9 N–H and O–H groups in total. The SMILES string of the molecule is O=C[C@H](O)[C@@H](O)[C@](O)(C1O[C@@H](CO)[C@@H](O)[C@@H](O)[C@@H]1O)[C@H](O)CO. The third kappa shape index (κ3) is 3.53. The van der Waals surface area contributed by atoms with E-state index < -0.39 is 67.6 Å². The fourth-order valence-electron chi connectivity index (χ4n) is 2.53. The third-order valence-electron chi connectivity index (χ3n) is 3.99. The van der Waals surface area contributed by atoms with Gasteiger partial charge in [0.05, 0.1) is 13.2 Å². The van der Waals surface area contributed by atoms with Crippen LogP contribution >= 0.6 is 0 Å². The first kappa shape index (κ1) is 20.3. The molecule has 0 aliphatic carbocycles. The standard InChI is InChI=1S/C12H22O11/c13-1-4(16)10(21)12(22,6(17)3-15)11-9(20)8(19)7(18)5(2-14)23-11/h1,4-11,14-22H,2-3H2/t4-,5-,6+,7+,8+,9-,10+,11?,12-/m0/s1. The van der Waals surface area contributed by atoms with Crippen molar-refractivity contribution < 1.29 is 55.5 Å². The third-order valence-corrected chi connectivity index (χ3v) is 3.99. The number of carbonyl (C=O) groups is 1. The quantitative estimate of drug-likeness (QED) is 0.199. The zero-order valence-corrected chi connectivity index (χ0v) is 12.0. The second-order valence-corrected chi connectivity index (χ2v) is 5.41. The van der Waals surface area contributed by atoms with E-state index in [1.54, 1.807) is 0 Å². The van der Waals surface area contributed by atoms with E-state index in [9.17, 15) is 40.5 Å². The van der Waals surface area contributed by atoms with Crippen LogP contribution in [0, 0.1) is 0 Å². The molecule has 1 rings (SSSR count). The lowest BCUT2D eigenvalue weighted by Gasteiger charge is -2.49. The molecule has 23 heavy (non-hydrogen) atoms.